The Labute approximate surface area is 101 Å². The zero-order chi connectivity index (χ0) is 12.4. The monoisotopic (exact) mass is 255 g/mol. The first-order valence-corrected chi connectivity index (χ1v) is 5.00. The average Bonchev–Trinajstić information content (AvgIpc) is 2.78. The lowest BCUT2D eigenvalue weighted by atomic mass is 10.1. The number of aromatic nitrogens is 1. The van der Waals surface area contributed by atoms with Gasteiger partial charge in [0.15, 0.2) is 11.6 Å². The molecule has 1 aromatic heterocycles. The fourth-order valence-corrected chi connectivity index (χ4v) is 1.42. The molecule has 1 aromatic carbocycles. The summed E-state index contributed by atoms with van der Waals surface area (Å²) in [6, 6.07) is 5.64. The highest BCUT2D eigenvalue weighted by molar-refractivity contribution is 6.67. The maximum absolute atomic E-state index is 13.4. The van der Waals surface area contributed by atoms with Crippen LogP contribution in [0.4, 0.5) is 4.39 Å². The Morgan fingerprint density at radius 3 is 2.76 bits per heavy atom. The average molecular weight is 256 g/mol. The number of carbonyl (C=O) groups excluding carboxylic acids is 1. The van der Waals surface area contributed by atoms with Crippen LogP contribution in [0.5, 0.6) is 5.75 Å². The van der Waals surface area contributed by atoms with Gasteiger partial charge in [-0.1, -0.05) is 5.16 Å². The molecule has 6 heteroatoms. The molecule has 0 spiro atoms. The Balaban J connectivity index is 2.39. The summed E-state index contributed by atoms with van der Waals surface area (Å²) in [6.07, 6.45) is 0. The number of rotatable bonds is 3. The zero-order valence-corrected chi connectivity index (χ0v) is 9.49. The van der Waals surface area contributed by atoms with Gasteiger partial charge in [0.2, 0.25) is 5.76 Å². The number of halogens is 2. The highest BCUT2D eigenvalue weighted by atomic mass is 35.5. The number of carbonyl (C=O) groups is 1. The number of hydrogen-bond acceptors (Lipinski definition) is 4. The van der Waals surface area contributed by atoms with E-state index in [0.29, 0.717) is 11.3 Å². The molecule has 0 fully saturated rings. The van der Waals surface area contributed by atoms with Crippen LogP contribution in [-0.2, 0) is 0 Å². The summed E-state index contributed by atoms with van der Waals surface area (Å²) in [5.41, 5.74) is 0.798. The van der Waals surface area contributed by atoms with Crippen LogP contribution < -0.4 is 4.74 Å². The van der Waals surface area contributed by atoms with E-state index < -0.39 is 11.1 Å². The highest BCUT2D eigenvalue weighted by Gasteiger charge is 2.13. The van der Waals surface area contributed by atoms with Crippen LogP contribution >= 0.6 is 11.6 Å². The third-order valence-electron chi connectivity index (χ3n) is 2.15. The lowest BCUT2D eigenvalue weighted by Crippen LogP contribution is -1.88. The van der Waals surface area contributed by atoms with Crippen LogP contribution in [0.1, 0.15) is 10.6 Å². The van der Waals surface area contributed by atoms with Crippen molar-refractivity contribution >= 4 is 16.8 Å². The summed E-state index contributed by atoms with van der Waals surface area (Å²) in [7, 11) is 1.37. The first-order valence-electron chi connectivity index (χ1n) is 4.62. The van der Waals surface area contributed by atoms with Gasteiger partial charge in [-0.15, -0.1) is 0 Å². The predicted octanol–water partition coefficient (Wildman–Crippen LogP) is 2.87. The second-order valence-electron chi connectivity index (χ2n) is 3.20. The number of nitrogens with zero attached hydrogens (tertiary/aromatic N) is 1. The summed E-state index contributed by atoms with van der Waals surface area (Å²) in [5.74, 6) is -0.476. The smallest absolute Gasteiger partial charge is 0.290 e. The minimum Gasteiger partial charge on any atom is -0.494 e. The van der Waals surface area contributed by atoms with Crippen molar-refractivity contribution in [3.05, 3.63) is 35.8 Å². The molecule has 0 saturated carbocycles. The van der Waals surface area contributed by atoms with E-state index in [0.717, 1.165) is 0 Å². The summed E-state index contributed by atoms with van der Waals surface area (Å²) in [6.45, 7) is 0. The fraction of sp³-hybridized carbons (Fsp3) is 0.0909. The molecule has 2 aromatic rings. The number of hydrogen-bond donors (Lipinski definition) is 0. The minimum absolute atomic E-state index is 0.0853. The van der Waals surface area contributed by atoms with Gasteiger partial charge < -0.3 is 9.26 Å². The van der Waals surface area contributed by atoms with Crippen LogP contribution in [0.15, 0.2) is 28.8 Å². The lowest BCUT2D eigenvalue weighted by molar-refractivity contribution is 0.104. The first kappa shape index (κ1) is 11.6. The number of methoxy groups -OCH3 is 1. The first-order chi connectivity index (χ1) is 8.11. The van der Waals surface area contributed by atoms with Crippen LogP contribution in [0, 0.1) is 5.82 Å². The molecule has 0 N–H and O–H groups in total. The molecule has 0 unspecified atom stereocenters. The van der Waals surface area contributed by atoms with Gasteiger partial charge in [-0.3, -0.25) is 4.79 Å². The van der Waals surface area contributed by atoms with Crippen molar-refractivity contribution in [3.63, 3.8) is 0 Å². The van der Waals surface area contributed by atoms with Gasteiger partial charge in [0.25, 0.3) is 5.24 Å². The van der Waals surface area contributed by atoms with Crippen molar-refractivity contribution in [2.45, 2.75) is 0 Å². The summed E-state index contributed by atoms with van der Waals surface area (Å²) < 4.78 is 22.9. The molecule has 17 heavy (non-hydrogen) atoms. The topological polar surface area (TPSA) is 52.3 Å². The SMILES string of the molecule is COc1ccc(-c2cc(C(=O)Cl)on2)cc1F. The van der Waals surface area contributed by atoms with Crippen molar-refractivity contribution in [2.75, 3.05) is 7.11 Å². The van der Waals surface area contributed by atoms with Gasteiger partial charge in [0.1, 0.15) is 5.69 Å². The zero-order valence-electron chi connectivity index (χ0n) is 8.74. The summed E-state index contributed by atoms with van der Waals surface area (Å²) >= 11 is 5.22. The van der Waals surface area contributed by atoms with Crippen LogP contribution in [0.2, 0.25) is 0 Å². The third-order valence-corrected chi connectivity index (χ3v) is 2.34. The molecular weight excluding hydrogens is 249 g/mol. The second-order valence-corrected chi connectivity index (χ2v) is 3.54. The maximum atomic E-state index is 13.4. The van der Waals surface area contributed by atoms with Crippen molar-refractivity contribution in [1.82, 2.24) is 5.16 Å². The van der Waals surface area contributed by atoms with Crippen LogP contribution in [-0.4, -0.2) is 17.5 Å². The van der Waals surface area contributed by atoms with E-state index in [2.05, 4.69) is 5.16 Å². The fourth-order valence-electron chi connectivity index (χ4n) is 1.33. The molecule has 0 bridgehead atoms. The van der Waals surface area contributed by atoms with Gasteiger partial charge >= 0.3 is 0 Å². The van der Waals surface area contributed by atoms with Crippen LogP contribution in [0.25, 0.3) is 11.3 Å². The quantitative estimate of drug-likeness (QED) is 0.792. The van der Waals surface area contributed by atoms with E-state index in [9.17, 15) is 9.18 Å². The van der Waals surface area contributed by atoms with Gasteiger partial charge in [-0.05, 0) is 29.8 Å². The highest BCUT2D eigenvalue weighted by Crippen LogP contribution is 2.25. The maximum Gasteiger partial charge on any atom is 0.290 e. The predicted molar refractivity (Wildman–Crippen MR) is 58.6 cm³/mol. The van der Waals surface area contributed by atoms with Crippen molar-refractivity contribution in [2.24, 2.45) is 0 Å². The van der Waals surface area contributed by atoms with Gasteiger partial charge in [0.05, 0.1) is 7.11 Å². The van der Waals surface area contributed by atoms with Gasteiger partial charge in [0, 0.05) is 11.6 Å². The van der Waals surface area contributed by atoms with E-state index in [-0.39, 0.29) is 11.5 Å². The Bertz CT molecular complexity index is 568. The molecule has 0 amide bonds. The largest absolute Gasteiger partial charge is 0.494 e. The van der Waals surface area contributed by atoms with Gasteiger partial charge in [-0.2, -0.15) is 0 Å². The summed E-state index contributed by atoms with van der Waals surface area (Å²) in [4.78, 5) is 10.8. The van der Waals surface area contributed by atoms with E-state index in [4.69, 9.17) is 20.9 Å². The molecule has 2 rings (SSSR count). The Kier molecular flexibility index (Phi) is 3.10. The Morgan fingerprint density at radius 1 is 1.47 bits per heavy atom. The molecule has 0 aliphatic carbocycles. The van der Waals surface area contributed by atoms with Crippen LogP contribution in [0.3, 0.4) is 0 Å². The van der Waals surface area contributed by atoms with E-state index in [1.54, 1.807) is 6.07 Å². The molecule has 0 radical (unpaired) electrons. The molecule has 88 valence electrons. The van der Waals surface area contributed by atoms with Gasteiger partial charge in [-0.25, -0.2) is 4.39 Å². The Morgan fingerprint density at radius 2 is 2.24 bits per heavy atom. The molecule has 0 aliphatic rings. The summed E-state index contributed by atoms with van der Waals surface area (Å²) in [5, 5.41) is 2.86. The second kappa shape index (κ2) is 4.55. The Hall–Kier alpha value is -1.88. The number of benzene rings is 1. The van der Waals surface area contributed by atoms with Crippen molar-refractivity contribution in [1.29, 1.82) is 0 Å². The van der Waals surface area contributed by atoms with Crippen molar-refractivity contribution in [3.8, 4) is 17.0 Å². The standard InChI is InChI=1S/C11H7ClFNO3/c1-16-9-3-2-6(4-7(9)13)8-5-10(11(12)15)17-14-8/h2-5H,1H3. The van der Waals surface area contributed by atoms with E-state index in [1.807, 2.05) is 0 Å². The minimum atomic E-state index is -0.752. The lowest BCUT2D eigenvalue weighted by Gasteiger charge is -2.02. The number of ether oxygens (including phenoxy) is 1. The normalized spacial score (nSPS) is 10.3. The molecule has 0 atom stereocenters. The molecular formula is C11H7ClFNO3. The van der Waals surface area contributed by atoms with E-state index >= 15 is 0 Å². The molecule has 4 nitrogen and oxygen atoms in total. The molecule has 0 aliphatic heterocycles. The molecule has 1 heterocycles. The molecule has 0 saturated heterocycles. The third kappa shape index (κ3) is 2.29. The van der Waals surface area contributed by atoms with E-state index in [1.165, 1.54) is 25.3 Å². The van der Waals surface area contributed by atoms with Crippen molar-refractivity contribution < 1.29 is 18.4 Å².